The van der Waals surface area contributed by atoms with Gasteiger partial charge in [0.2, 0.25) is 0 Å². The molecule has 0 aromatic carbocycles. The van der Waals surface area contributed by atoms with Gasteiger partial charge >= 0.3 is 10.4 Å². The van der Waals surface area contributed by atoms with E-state index < -0.39 is 21.4 Å². The third-order valence-electron chi connectivity index (χ3n) is 6.13. The van der Waals surface area contributed by atoms with E-state index in [1.807, 2.05) is 0 Å². The summed E-state index contributed by atoms with van der Waals surface area (Å²) in [6.45, 7) is 7.71. The number of ketones is 1. The van der Waals surface area contributed by atoms with Crippen molar-refractivity contribution in [1.82, 2.24) is 0 Å². The van der Waals surface area contributed by atoms with E-state index in [1.165, 1.54) is 38.5 Å². The van der Waals surface area contributed by atoms with Crippen LogP contribution in [0.4, 0.5) is 0 Å². The van der Waals surface area contributed by atoms with Crippen LogP contribution in [0.15, 0.2) is 0 Å². The van der Waals surface area contributed by atoms with Crippen LogP contribution in [0.25, 0.3) is 0 Å². The Balaban J connectivity index is 4.75. The van der Waals surface area contributed by atoms with Crippen molar-refractivity contribution in [2.45, 2.75) is 117 Å². The van der Waals surface area contributed by atoms with E-state index in [9.17, 15) is 17.8 Å². The van der Waals surface area contributed by atoms with Crippen molar-refractivity contribution in [3.8, 4) is 0 Å². The predicted molar refractivity (Wildman–Crippen MR) is 115 cm³/mol. The molecule has 2 atom stereocenters. The highest BCUT2D eigenvalue weighted by Crippen LogP contribution is 2.43. The van der Waals surface area contributed by atoms with Crippen LogP contribution in [-0.4, -0.2) is 30.9 Å². The summed E-state index contributed by atoms with van der Waals surface area (Å²) < 4.78 is 37.0. The molecule has 0 heterocycles. The molecule has 0 aliphatic carbocycles. The second-order valence-electron chi connectivity index (χ2n) is 8.32. The van der Waals surface area contributed by atoms with Gasteiger partial charge in [-0.1, -0.05) is 65.2 Å². The maximum absolute atomic E-state index is 13.1. The summed E-state index contributed by atoms with van der Waals surface area (Å²) in [5, 5.41) is 0. The lowest BCUT2D eigenvalue weighted by atomic mass is 9.66. The van der Waals surface area contributed by atoms with E-state index >= 15 is 0 Å². The van der Waals surface area contributed by atoms with Crippen LogP contribution in [0, 0.1) is 5.41 Å². The summed E-state index contributed by atoms with van der Waals surface area (Å²) in [4.78, 5) is 13.1. The highest BCUT2D eigenvalue weighted by molar-refractivity contribution is 7.80. The summed E-state index contributed by atoms with van der Waals surface area (Å²) >= 11 is 0. The minimum absolute atomic E-state index is 0.0168. The van der Waals surface area contributed by atoms with Crippen LogP contribution in [0.1, 0.15) is 111 Å². The molecule has 0 amide bonds. The van der Waals surface area contributed by atoms with Crippen molar-refractivity contribution in [2.75, 3.05) is 6.54 Å². The van der Waals surface area contributed by atoms with E-state index in [0.717, 1.165) is 19.3 Å². The van der Waals surface area contributed by atoms with Gasteiger partial charge in [0.15, 0.2) is 0 Å². The summed E-state index contributed by atoms with van der Waals surface area (Å²) in [6, 6.07) is 0. The van der Waals surface area contributed by atoms with Crippen molar-refractivity contribution in [3.63, 3.8) is 0 Å². The molecule has 2 unspecified atom stereocenters. The van der Waals surface area contributed by atoms with E-state index in [2.05, 4.69) is 6.92 Å². The average Bonchev–Trinajstić information content (AvgIpc) is 2.62. The Morgan fingerprint density at radius 2 is 1.43 bits per heavy atom. The third-order valence-corrected chi connectivity index (χ3v) is 6.71. The minimum atomic E-state index is -4.66. The number of nitrogens with two attached hydrogens (primary N) is 1. The van der Waals surface area contributed by atoms with Gasteiger partial charge in [-0.2, -0.15) is 8.42 Å². The highest BCUT2D eigenvalue weighted by Gasteiger charge is 2.51. The number of carbonyl (C=O) groups excluding carboxylic acids is 1. The number of hydrogen-bond acceptors (Lipinski definition) is 5. The molecular weight excluding hydrogens is 378 g/mol. The summed E-state index contributed by atoms with van der Waals surface area (Å²) in [7, 11) is -4.66. The van der Waals surface area contributed by atoms with Gasteiger partial charge in [0.25, 0.3) is 0 Å². The molecule has 0 saturated heterocycles. The lowest BCUT2D eigenvalue weighted by molar-refractivity contribution is -0.142. The summed E-state index contributed by atoms with van der Waals surface area (Å²) in [5.41, 5.74) is 3.31. The Morgan fingerprint density at radius 1 is 0.929 bits per heavy atom. The van der Waals surface area contributed by atoms with Gasteiger partial charge in [-0.25, -0.2) is 4.18 Å². The van der Waals surface area contributed by atoms with Crippen molar-refractivity contribution in [3.05, 3.63) is 0 Å². The van der Waals surface area contributed by atoms with E-state index in [-0.39, 0.29) is 12.2 Å². The Bertz CT molecular complexity index is 537. The monoisotopic (exact) mass is 421 g/mol. The van der Waals surface area contributed by atoms with Crippen molar-refractivity contribution in [1.29, 1.82) is 0 Å². The SMILES string of the molecule is CCCCCCCCCCCC(=O)C(C)(CCCN)C(C)(CC)OS(=O)(=O)O. The zero-order valence-electron chi connectivity index (χ0n) is 18.5. The van der Waals surface area contributed by atoms with E-state index in [1.54, 1.807) is 20.8 Å². The molecule has 3 N–H and O–H groups in total. The second-order valence-corrected chi connectivity index (χ2v) is 9.34. The number of unbranched alkanes of at least 4 members (excludes halogenated alkanes) is 8. The molecule has 0 aliphatic heterocycles. The van der Waals surface area contributed by atoms with Crippen molar-refractivity contribution >= 4 is 16.2 Å². The molecule has 0 radical (unpaired) electrons. The first-order chi connectivity index (χ1) is 13.1. The van der Waals surface area contributed by atoms with Crippen LogP contribution >= 0.6 is 0 Å². The molecule has 168 valence electrons. The van der Waals surface area contributed by atoms with Crippen molar-refractivity contribution in [2.24, 2.45) is 11.1 Å². The van der Waals surface area contributed by atoms with Gasteiger partial charge in [-0.3, -0.25) is 9.35 Å². The second kappa shape index (κ2) is 13.7. The zero-order valence-corrected chi connectivity index (χ0v) is 19.3. The fraction of sp³-hybridized carbons (Fsp3) is 0.952. The Kier molecular flexibility index (Phi) is 13.4. The number of carbonyl (C=O) groups is 1. The Morgan fingerprint density at radius 3 is 1.86 bits per heavy atom. The van der Waals surface area contributed by atoms with Gasteiger partial charge in [0, 0.05) is 6.42 Å². The first kappa shape index (κ1) is 27.5. The van der Waals surface area contributed by atoms with E-state index in [0.29, 0.717) is 25.8 Å². The standard InChI is InChI=1S/C21H43NO5S/c1-5-7-8-9-10-11-12-13-14-16-19(23)20(3,17-15-18-22)21(4,6-2)27-28(24,25)26/h5-18,22H2,1-4H3,(H,24,25,26). The van der Waals surface area contributed by atoms with Gasteiger partial charge in [-0.05, 0) is 46.1 Å². The molecule has 0 saturated carbocycles. The van der Waals surface area contributed by atoms with Gasteiger partial charge in [0.1, 0.15) is 5.78 Å². The van der Waals surface area contributed by atoms with Crippen LogP contribution < -0.4 is 5.73 Å². The molecule has 0 aliphatic rings. The van der Waals surface area contributed by atoms with E-state index in [4.69, 9.17) is 9.92 Å². The average molecular weight is 422 g/mol. The first-order valence-electron chi connectivity index (χ1n) is 11.0. The quantitative estimate of drug-likeness (QED) is 0.232. The normalized spacial score (nSPS) is 16.5. The van der Waals surface area contributed by atoms with Crippen LogP contribution in [0.3, 0.4) is 0 Å². The molecule has 0 aromatic rings. The number of hydrogen-bond donors (Lipinski definition) is 2. The summed E-state index contributed by atoms with van der Waals surface area (Å²) in [5.74, 6) is -0.0168. The molecular formula is C21H43NO5S. The highest BCUT2D eigenvalue weighted by atomic mass is 32.3. The first-order valence-corrected chi connectivity index (χ1v) is 12.3. The maximum atomic E-state index is 13.1. The molecule has 0 bridgehead atoms. The summed E-state index contributed by atoms with van der Waals surface area (Å²) in [6.07, 6.45) is 12.2. The fourth-order valence-corrected chi connectivity index (χ4v) is 4.57. The van der Waals surface area contributed by atoms with Gasteiger partial charge in [-0.15, -0.1) is 0 Å². The molecule has 28 heavy (non-hydrogen) atoms. The van der Waals surface area contributed by atoms with Gasteiger partial charge in [0.05, 0.1) is 11.0 Å². The topological polar surface area (TPSA) is 107 Å². The fourth-order valence-electron chi connectivity index (χ4n) is 3.80. The smallest absolute Gasteiger partial charge is 0.330 e. The molecule has 0 fully saturated rings. The molecule has 0 rings (SSSR count). The zero-order chi connectivity index (χ0) is 21.7. The molecule has 0 aromatic heterocycles. The Hall–Kier alpha value is -0.500. The van der Waals surface area contributed by atoms with Crippen LogP contribution in [-0.2, 0) is 19.4 Å². The number of rotatable bonds is 18. The minimum Gasteiger partial charge on any atom is -0.330 e. The molecule has 7 heteroatoms. The lowest BCUT2D eigenvalue weighted by Gasteiger charge is -2.43. The van der Waals surface area contributed by atoms with Crippen molar-refractivity contribution < 1.29 is 21.9 Å². The largest absolute Gasteiger partial charge is 0.397 e. The Labute approximate surface area is 172 Å². The third kappa shape index (κ3) is 9.81. The van der Waals surface area contributed by atoms with Crippen LogP contribution in [0.2, 0.25) is 0 Å². The maximum Gasteiger partial charge on any atom is 0.397 e. The molecule has 6 nitrogen and oxygen atoms in total. The van der Waals surface area contributed by atoms with Gasteiger partial charge < -0.3 is 5.73 Å². The number of Topliss-reactive ketones (excluding diaryl/α,β-unsaturated/α-hetero) is 1. The van der Waals surface area contributed by atoms with Crippen LogP contribution in [0.5, 0.6) is 0 Å². The lowest BCUT2D eigenvalue weighted by Crippen LogP contribution is -2.52. The predicted octanol–water partition coefficient (Wildman–Crippen LogP) is 5.21. The molecule has 0 spiro atoms.